The Morgan fingerprint density at radius 1 is 0.900 bits per heavy atom. The highest BCUT2D eigenvalue weighted by Gasteiger charge is 2.35. The van der Waals surface area contributed by atoms with Crippen LogP contribution in [-0.2, 0) is 6.54 Å². The van der Waals surface area contributed by atoms with Crippen molar-refractivity contribution < 1.29 is 14.7 Å². The van der Waals surface area contributed by atoms with E-state index in [1.807, 2.05) is 0 Å². The summed E-state index contributed by atoms with van der Waals surface area (Å²) in [5.41, 5.74) is 4.16. The standard InChI is InChI=1S/C15H12N2O3/c18-13-8-4-1-5-10(13)9-16-17-14(19)11-6-2-3-7-12(11)15(17)20/h1-8,16,18H,9H2. The molecule has 0 radical (unpaired) electrons. The first-order valence-corrected chi connectivity index (χ1v) is 6.16. The van der Waals surface area contributed by atoms with Crippen molar-refractivity contribution in [1.82, 2.24) is 10.4 Å². The van der Waals surface area contributed by atoms with Crippen molar-refractivity contribution in [1.29, 1.82) is 0 Å². The van der Waals surface area contributed by atoms with Gasteiger partial charge in [0.1, 0.15) is 5.75 Å². The van der Waals surface area contributed by atoms with Crippen LogP contribution in [0.1, 0.15) is 26.3 Å². The lowest BCUT2D eigenvalue weighted by atomic mass is 10.1. The molecule has 0 saturated heterocycles. The SMILES string of the molecule is O=C1c2ccccc2C(=O)N1NCc1ccccc1O. The van der Waals surface area contributed by atoms with Gasteiger partial charge < -0.3 is 5.11 Å². The fourth-order valence-corrected chi connectivity index (χ4v) is 2.16. The number of nitrogens with one attached hydrogen (secondary N) is 1. The van der Waals surface area contributed by atoms with Crippen molar-refractivity contribution in [2.24, 2.45) is 0 Å². The topological polar surface area (TPSA) is 69.6 Å². The summed E-state index contributed by atoms with van der Waals surface area (Å²) in [7, 11) is 0. The fourth-order valence-electron chi connectivity index (χ4n) is 2.16. The Balaban J connectivity index is 1.79. The molecule has 2 aromatic carbocycles. The molecular formula is C15H12N2O3. The molecular weight excluding hydrogens is 256 g/mol. The Morgan fingerprint density at radius 2 is 1.45 bits per heavy atom. The van der Waals surface area contributed by atoms with Crippen LogP contribution in [0.5, 0.6) is 5.75 Å². The van der Waals surface area contributed by atoms with Crippen LogP contribution in [0.3, 0.4) is 0 Å². The molecule has 0 aliphatic carbocycles. The predicted molar refractivity (Wildman–Crippen MR) is 71.9 cm³/mol. The molecule has 1 aliphatic rings. The van der Waals surface area contributed by atoms with Crippen molar-refractivity contribution >= 4 is 11.8 Å². The lowest BCUT2D eigenvalue weighted by Crippen LogP contribution is -2.41. The molecule has 5 heteroatoms. The molecule has 5 nitrogen and oxygen atoms in total. The zero-order chi connectivity index (χ0) is 14.1. The summed E-state index contributed by atoms with van der Waals surface area (Å²) in [6, 6.07) is 13.4. The molecule has 0 aromatic heterocycles. The van der Waals surface area contributed by atoms with E-state index in [4.69, 9.17) is 0 Å². The van der Waals surface area contributed by atoms with E-state index in [1.165, 1.54) is 0 Å². The van der Waals surface area contributed by atoms with E-state index < -0.39 is 0 Å². The Bertz CT molecular complexity index is 662. The van der Waals surface area contributed by atoms with Gasteiger partial charge in [0.15, 0.2) is 0 Å². The van der Waals surface area contributed by atoms with Gasteiger partial charge in [0.2, 0.25) is 0 Å². The number of carbonyl (C=O) groups is 2. The summed E-state index contributed by atoms with van der Waals surface area (Å²) in [6.45, 7) is 0.193. The fraction of sp³-hybridized carbons (Fsp3) is 0.0667. The second kappa shape index (κ2) is 4.79. The Morgan fingerprint density at radius 3 is 2.05 bits per heavy atom. The maximum atomic E-state index is 12.1. The summed E-state index contributed by atoms with van der Waals surface area (Å²) in [4.78, 5) is 24.2. The Labute approximate surface area is 115 Å². The van der Waals surface area contributed by atoms with E-state index in [2.05, 4.69) is 5.43 Å². The van der Waals surface area contributed by atoms with Crippen LogP contribution in [0, 0.1) is 0 Å². The van der Waals surface area contributed by atoms with Crippen molar-refractivity contribution in [3.63, 3.8) is 0 Å². The molecule has 0 bridgehead atoms. The number of fused-ring (bicyclic) bond motifs is 1. The number of hydrogen-bond donors (Lipinski definition) is 2. The summed E-state index contributed by atoms with van der Waals surface area (Å²) in [5.74, 6) is -0.626. The maximum Gasteiger partial charge on any atom is 0.276 e. The minimum Gasteiger partial charge on any atom is -0.508 e. The second-order valence-electron chi connectivity index (χ2n) is 4.45. The molecule has 3 rings (SSSR count). The molecule has 0 fully saturated rings. The molecule has 0 atom stereocenters. The lowest BCUT2D eigenvalue weighted by molar-refractivity contribution is 0.0561. The van der Waals surface area contributed by atoms with Crippen molar-refractivity contribution in [2.45, 2.75) is 6.54 Å². The number of nitrogens with zero attached hydrogens (tertiary/aromatic N) is 1. The van der Waals surface area contributed by atoms with Crippen molar-refractivity contribution in [3.8, 4) is 5.75 Å². The minimum absolute atomic E-state index is 0.122. The number of amides is 2. The molecule has 2 N–H and O–H groups in total. The van der Waals surface area contributed by atoms with Gasteiger partial charge in [-0.25, -0.2) is 10.4 Å². The maximum absolute atomic E-state index is 12.1. The number of phenols is 1. The second-order valence-corrected chi connectivity index (χ2v) is 4.45. The number of carbonyl (C=O) groups excluding carboxylic acids is 2. The summed E-state index contributed by atoms with van der Waals surface area (Å²) in [6.07, 6.45) is 0. The molecule has 1 heterocycles. The molecule has 2 amide bonds. The van der Waals surface area contributed by atoms with E-state index in [0.29, 0.717) is 16.7 Å². The van der Waals surface area contributed by atoms with Crippen LogP contribution in [0.25, 0.3) is 0 Å². The van der Waals surface area contributed by atoms with Crippen LogP contribution in [0.2, 0.25) is 0 Å². The zero-order valence-electron chi connectivity index (χ0n) is 10.5. The van der Waals surface area contributed by atoms with Crippen LogP contribution in [0.15, 0.2) is 48.5 Å². The number of imide groups is 1. The van der Waals surface area contributed by atoms with E-state index in [-0.39, 0.29) is 24.1 Å². The third kappa shape index (κ3) is 1.94. The highest BCUT2D eigenvalue weighted by atomic mass is 16.3. The minimum atomic E-state index is -0.374. The molecule has 0 unspecified atom stereocenters. The van der Waals surface area contributed by atoms with E-state index in [1.54, 1.807) is 48.5 Å². The van der Waals surface area contributed by atoms with Gasteiger partial charge in [0.25, 0.3) is 11.8 Å². The van der Waals surface area contributed by atoms with Gasteiger partial charge in [-0.2, -0.15) is 0 Å². The van der Waals surface area contributed by atoms with Gasteiger partial charge in [-0.1, -0.05) is 30.3 Å². The predicted octanol–water partition coefficient (Wildman–Crippen LogP) is 1.69. The third-order valence-electron chi connectivity index (χ3n) is 3.21. The van der Waals surface area contributed by atoms with Crippen molar-refractivity contribution in [2.75, 3.05) is 0 Å². The smallest absolute Gasteiger partial charge is 0.276 e. The summed E-state index contributed by atoms with van der Waals surface area (Å²) < 4.78 is 0. The van der Waals surface area contributed by atoms with E-state index >= 15 is 0 Å². The highest BCUT2D eigenvalue weighted by Crippen LogP contribution is 2.21. The first kappa shape index (κ1) is 12.4. The van der Waals surface area contributed by atoms with Crippen LogP contribution < -0.4 is 5.43 Å². The van der Waals surface area contributed by atoms with E-state index in [9.17, 15) is 14.7 Å². The molecule has 2 aromatic rings. The van der Waals surface area contributed by atoms with Crippen molar-refractivity contribution in [3.05, 3.63) is 65.2 Å². The zero-order valence-corrected chi connectivity index (χ0v) is 10.5. The number of aromatic hydroxyl groups is 1. The number of hydrogen-bond acceptors (Lipinski definition) is 4. The van der Waals surface area contributed by atoms with Gasteiger partial charge in [-0.3, -0.25) is 9.59 Å². The molecule has 0 saturated carbocycles. The number of para-hydroxylation sites is 1. The van der Waals surface area contributed by atoms with Crippen LogP contribution in [0.4, 0.5) is 0 Å². The third-order valence-corrected chi connectivity index (χ3v) is 3.21. The van der Waals surface area contributed by atoms with Gasteiger partial charge in [0.05, 0.1) is 11.1 Å². The molecule has 20 heavy (non-hydrogen) atoms. The van der Waals surface area contributed by atoms with Gasteiger partial charge in [-0.05, 0) is 18.2 Å². The number of hydrazine groups is 1. The molecule has 0 spiro atoms. The average Bonchev–Trinajstić information content (AvgIpc) is 2.71. The quantitative estimate of drug-likeness (QED) is 0.831. The number of phenolic OH excluding ortho intramolecular Hbond substituents is 1. The first-order chi connectivity index (χ1) is 9.68. The van der Waals surface area contributed by atoms with Gasteiger partial charge in [0, 0.05) is 12.1 Å². The van der Waals surface area contributed by atoms with Crippen LogP contribution in [-0.4, -0.2) is 21.9 Å². The molecule has 1 aliphatic heterocycles. The monoisotopic (exact) mass is 268 g/mol. The summed E-state index contributed by atoms with van der Waals surface area (Å²) >= 11 is 0. The largest absolute Gasteiger partial charge is 0.508 e. The highest BCUT2D eigenvalue weighted by molar-refractivity contribution is 6.20. The Kier molecular flexibility index (Phi) is 2.96. The lowest BCUT2D eigenvalue weighted by Gasteiger charge is -2.15. The van der Waals surface area contributed by atoms with Gasteiger partial charge in [-0.15, -0.1) is 0 Å². The van der Waals surface area contributed by atoms with Crippen LogP contribution >= 0.6 is 0 Å². The Hall–Kier alpha value is -2.66. The average molecular weight is 268 g/mol. The first-order valence-electron chi connectivity index (χ1n) is 6.16. The normalized spacial score (nSPS) is 13.7. The number of benzene rings is 2. The molecule has 100 valence electrons. The number of rotatable bonds is 3. The summed E-state index contributed by atoms with van der Waals surface area (Å²) in [5, 5.41) is 10.6. The van der Waals surface area contributed by atoms with Gasteiger partial charge >= 0.3 is 0 Å². The van der Waals surface area contributed by atoms with E-state index in [0.717, 1.165) is 5.01 Å².